The molecule has 3 aromatic heterocycles. The van der Waals surface area contributed by atoms with Gasteiger partial charge in [-0.15, -0.1) is 0 Å². The van der Waals surface area contributed by atoms with Crippen molar-refractivity contribution in [2.75, 3.05) is 12.3 Å². The van der Waals surface area contributed by atoms with Crippen molar-refractivity contribution in [1.82, 2.24) is 29.4 Å². The van der Waals surface area contributed by atoms with Crippen molar-refractivity contribution < 1.29 is 14.9 Å². The lowest BCUT2D eigenvalue weighted by atomic mass is 9.76. The fraction of sp³-hybridized carbons (Fsp3) is 0.581. The van der Waals surface area contributed by atoms with Gasteiger partial charge in [0.1, 0.15) is 29.7 Å². The summed E-state index contributed by atoms with van der Waals surface area (Å²) in [7, 11) is 0. The van der Waals surface area contributed by atoms with E-state index >= 15 is 0 Å². The van der Waals surface area contributed by atoms with Crippen molar-refractivity contribution in [3.8, 4) is 0 Å². The van der Waals surface area contributed by atoms with Crippen molar-refractivity contribution in [2.45, 2.75) is 102 Å². The van der Waals surface area contributed by atoms with Crippen molar-refractivity contribution in [2.24, 2.45) is 5.92 Å². The van der Waals surface area contributed by atoms with Crippen LogP contribution in [0.15, 0.2) is 36.8 Å². The number of pyridine rings is 1. The Morgan fingerprint density at radius 1 is 1.15 bits per heavy atom. The molecule has 220 valence electrons. The largest absolute Gasteiger partial charge is 0.397 e. The molecule has 0 spiro atoms. The number of nitrogen functional groups attached to an aromatic ring is 1. The minimum absolute atomic E-state index is 0.106. The van der Waals surface area contributed by atoms with Crippen molar-refractivity contribution in [1.29, 1.82) is 0 Å². The van der Waals surface area contributed by atoms with E-state index < -0.39 is 24.5 Å². The highest BCUT2D eigenvalue weighted by Gasteiger charge is 2.46. The second-order valence-corrected chi connectivity index (χ2v) is 13.3. The van der Waals surface area contributed by atoms with Gasteiger partial charge in [-0.25, -0.2) is 15.0 Å². The summed E-state index contributed by atoms with van der Waals surface area (Å²) in [4.78, 5) is 19.5. The maximum absolute atomic E-state index is 10.9. The second kappa shape index (κ2) is 10.7. The number of hydrogen-bond donors (Lipinski definition) is 4. The van der Waals surface area contributed by atoms with E-state index in [9.17, 15) is 10.2 Å². The number of hydrogen-bond acceptors (Lipinski definition) is 8. The van der Waals surface area contributed by atoms with Crippen molar-refractivity contribution in [3.05, 3.63) is 48.2 Å². The molecule has 4 aromatic rings. The number of benzene rings is 1. The molecular formula is C31H43N7O3. The van der Waals surface area contributed by atoms with Crippen LogP contribution in [0.25, 0.3) is 22.2 Å². The van der Waals surface area contributed by atoms with Crippen LogP contribution < -0.4 is 5.73 Å². The average molecular weight is 562 g/mol. The molecule has 10 nitrogen and oxygen atoms in total. The molecule has 5 N–H and O–H groups in total. The van der Waals surface area contributed by atoms with E-state index in [0.717, 1.165) is 42.5 Å². The van der Waals surface area contributed by atoms with Crippen molar-refractivity contribution in [3.63, 3.8) is 0 Å². The van der Waals surface area contributed by atoms with E-state index in [1.807, 2.05) is 0 Å². The summed E-state index contributed by atoms with van der Waals surface area (Å²) in [5.41, 5.74) is 11.2. The van der Waals surface area contributed by atoms with Gasteiger partial charge in [0.15, 0.2) is 11.9 Å². The molecule has 4 atom stereocenters. The van der Waals surface area contributed by atoms with Gasteiger partial charge in [-0.05, 0) is 68.2 Å². The number of rotatable bonds is 8. The summed E-state index contributed by atoms with van der Waals surface area (Å²) in [6, 6.07) is 8.95. The number of nitrogens with two attached hydrogens (primary N) is 1. The number of nitrogens with one attached hydrogen (secondary N) is 1. The van der Waals surface area contributed by atoms with Crippen LogP contribution in [-0.4, -0.2) is 76.6 Å². The molecule has 4 heterocycles. The van der Waals surface area contributed by atoms with Gasteiger partial charge in [-0.2, -0.15) is 0 Å². The lowest BCUT2D eigenvalue weighted by Crippen LogP contribution is -2.52. The smallest absolute Gasteiger partial charge is 0.165 e. The summed E-state index contributed by atoms with van der Waals surface area (Å²) in [5, 5.41) is 21.9. The van der Waals surface area contributed by atoms with Gasteiger partial charge in [0.25, 0.3) is 0 Å². The van der Waals surface area contributed by atoms with Crippen LogP contribution in [0, 0.1) is 5.92 Å². The number of aliphatic hydroxyl groups excluding tert-OH is 2. The molecule has 0 bridgehead atoms. The molecule has 10 heteroatoms. The normalized spacial score (nSPS) is 27.0. The second-order valence-electron chi connectivity index (χ2n) is 13.3. The molecule has 1 aromatic carbocycles. The minimum Gasteiger partial charge on any atom is -0.397 e. The maximum Gasteiger partial charge on any atom is 0.165 e. The number of fused-ring (bicyclic) bond motifs is 2. The standard InChI is InChI=1S/C31H43N7O3/c1-17(2)37(15-24-27(39)28(40)30(41-24)38-16-34-26-21(32)10-11-33-29(26)38)20-12-18(13-20)6-9-25-35-22-8-7-19(31(3,4)5)14-23(22)36-25/h7-8,10-11,14,16-18,20,24,27-28,30,39-40H,6,9,12-13,15H2,1-5H3,(H2,32,33)(H,35,36)/t18?,20?,24?,27-,28?,30-/m1/s1. The lowest BCUT2D eigenvalue weighted by Gasteiger charge is -2.46. The van der Waals surface area contributed by atoms with Crippen molar-refractivity contribution >= 4 is 27.9 Å². The topological polar surface area (TPSA) is 138 Å². The van der Waals surface area contributed by atoms with E-state index in [1.54, 1.807) is 23.2 Å². The van der Waals surface area contributed by atoms with E-state index in [2.05, 4.69) is 72.7 Å². The Hall–Kier alpha value is -3.05. The molecule has 1 saturated carbocycles. The number of nitrogens with zero attached hydrogens (tertiary/aromatic N) is 5. The van der Waals surface area contributed by atoms with Crippen LogP contribution in [0.3, 0.4) is 0 Å². The third-order valence-corrected chi connectivity index (χ3v) is 9.02. The monoisotopic (exact) mass is 561 g/mol. The van der Waals surface area contributed by atoms with Crippen LogP contribution in [0.4, 0.5) is 5.69 Å². The van der Waals surface area contributed by atoms with Gasteiger partial charge in [0.2, 0.25) is 0 Å². The number of aliphatic hydroxyl groups is 2. The number of anilines is 1. The summed E-state index contributed by atoms with van der Waals surface area (Å²) in [5.74, 6) is 1.70. The molecule has 2 unspecified atom stereocenters. The minimum atomic E-state index is -1.09. The average Bonchev–Trinajstić information content (AvgIpc) is 3.58. The number of aryl methyl sites for hydroxylation is 1. The summed E-state index contributed by atoms with van der Waals surface area (Å²) < 4.78 is 7.92. The summed E-state index contributed by atoms with van der Waals surface area (Å²) in [6.45, 7) is 11.6. The van der Waals surface area contributed by atoms with Gasteiger partial charge in [0.05, 0.1) is 23.0 Å². The Morgan fingerprint density at radius 3 is 2.66 bits per heavy atom. The third-order valence-electron chi connectivity index (χ3n) is 9.02. The zero-order chi connectivity index (χ0) is 29.1. The predicted octanol–water partition coefficient (Wildman–Crippen LogP) is 3.93. The first-order chi connectivity index (χ1) is 19.5. The number of ether oxygens (including phenoxy) is 1. The predicted molar refractivity (Wildman–Crippen MR) is 159 cm³/mol. The van der Waals surface area contributed by atoms with Gasteiger partial charge < -0.3 is 25.7 Å². The molecule has 1 saturated heterocycles. The van der Waals surface area contributed by atoms with Crippen LogP contribution in [-0.2, 0) is 16.6 Å². The molecule has 2 aliphatic rings. The number of aromatic amines is 1. The first-order valence-electron chi connectivity index (χ1n) is 14.8. The Kier molecular flexibility index (Phi) is 7.30. The Labute approximate surface area is 240 Å². The SMILES string of the molecule is CC(C)N(CC1O[C@@H](n2cnc3c(N)ccnc32)C(O)[C@@H]1O)C1CC(CCc2nc3cc(C(C)(C)C)ccc3[nH]2)C1. The summed E-state index contributed by atoms with van der Waals surface area (Å²) >= 11 is 0. The Bertz CT molecular complexity index is 1520. The number of H-pyrrole nitrogens is 1. The summed E-state index contributed by atoms with van der Waals surface area (Å²) in [6.07, 6.45) is 4.02. The zero-order valence-corrected chi connectivity index (χ0v) is 24.7. The molecule has 1 aliphatic carbocycles. The lowest BCUT2D eigenvalue weighted by molar-refractivity contribution is -0.0620. The first-order valence-corrected chi connectivity index (χ1v) is 14.8. The van der Waals surface area contributed by atoms with Gasteiger partial charge in [-0.3, -0.25) is 9.47 Å². The molecular weight excluding hydrogens is 518 g/mol. The van der Waals surface area contributed by atoms with E-state index in [4.69, 9.17) is 15.5 Å². The quantitative estimate of drug-likeness (QED) is 0.254. The fourth-order valence-corrected chi connectivity index (χ4v) is 6.43. The maximum atomic E-state index is 10.9. The third kappa shape index (κ3) is 5.34. The molecule has 0 amide bonds. The van der Waals surface area contributed by atoms with Crippen LogP contribution >= 0.6 is 0 Å². The fourth-order valence-electron chi connectivity index (χ4n) is 6.43. The van der Waals surface area contributed by atoms with Crippen LogP contribution in [0.1, 0.15) is 71.5 Å². The van der Waals surface area contributed by atoms with Gasteiger partial charge in [-0.1, -0.05) is 26.8 Å². The van der Waals surface area contributed by atoms with Gasteiger partial charge >= 0.3 is 0 Å². The zero-order valence-electron chi connectivity index (χ0n) is 24.7. The molecule has 6 rings (SSSR count). The van der Waals surface area contributed by atoms with E-state index in [-0.39, 0.29) is 11.5 Å². The highest BCUT2D eigenvalue weighted by Crippen LogP contribution is 2.38. The van der Waals surface area contributed by atoms with E-state index in [0.29, 0.717) is 35.4 Å². The first kappa shape index (κ1) is 28.1. The number of aromatic nitrogens is 5. The number of imidazole rings is 2. The van der Waals surface area contributed by atoms with E-state index in [1.165, 1.54) is 5.56 Å². The highest BCUT2D eigenvalue weighted by molar-refractivity contribution is 5.83. The highest BCUT2D eigenvalue weighted by atomic mass is 16.6. The molecule has 1 aliphatic heterocycles. The Morgan fingerprint density at radius 2 is 1.93 bits per heavy atom. The van der Waals surface area contributed by atoms with Gasteiger partial charge in [0, 0.05) is 31.2 Å². The van der Waals surface area contributed by atoms with Crippen LogP contribution in [0.5, 0.6) is 0 Å². The molecule has 41 heavy (non-hydrogen) atoms. The Balaban J connectivity index is 1.06. The van der Waals surface area contributed by atoms with Crippen LogP contribution in [0.2, 0.25) is 0 Å². The molecule has 0 radical (unpaired) electrons. The molecule has 2 fully saturated rings.